The molecule has 4 heterocycles. The summed E-state index contributed by atoms with van der Waals surface area (Å²) in [7, 11) is 0. The van der Waals surface area contributed by atoms with Crippen LogP contribution < -0.4 is 5.32 Å². The molecule has 1 N–H and O–H groups in total. The molecule has 0 aromatic carbocycles. The van der Waals surface area contributed by atoms with E-state index in [1.807, 2.05) is 30.9 Å². The highest BCUT2D eigenvalue weighted by Crippen LogP contribution is 2.26. The Balaban J connectivity index is 1.54. The van der Waals surface area contributed by atoms with Crippen molar-refractivity contribution in [2.24, 2.45) is 5.92 Å². The van der Waals surface area contributed by atoms with Crippen molar-refractivity contribution in [1.82, 2.24) is 25.1 Å². The van der Waals surface area contributed by atoms with Gasteiger partial charge < -0.3 is 5.32 Å². The van der Waals surface area contributed by atoms with Crippen LogP contribution in [0.3, 0.4) is 0 Å². The van der Waals surface area contributed by atoms with Crippen molar-refractivity contribution < 1.29 is 4.79 Å². The number of likely N-dealkylation sites (tertiary alicyclic amines) is 1. The van der Waals surface area contributed by atoms with E-state index in [1.165, 1.54) is 30.4 Å². The zero-order valence-electron chi connectivity index (χ0n) is 17.7. The fourth-order valence-electron chi connectivity index (χ4n) is 4.79. The highest BCUT2D eigenvalue weighted by Gasteiger charge is 2.37. The third kappa shape index (κ3) is 5.64. The number of nitrogens with zero attached hydrogens (tertiary/aromatic N) is 4. The van der Waals surface area contributed by atoms with Gasteiger partial charge in [0.15, 0.2) is 0 Å². The molecule has 2 saturated heterocycles. The molecule has 0 spiro atoms. The fraction of sp³-hybridized carbons (Fsp3) is 0.542. The number of amides is 1. The Labute approximate surface area is 179 Å². The maximum absolute atomic E-state index is 13.1. The first-order valence-corrected chi connectivity index (χ1v) is 11.3. The highest BCUT2D eigenvalue weighted by molar-refractivity contribution is 5.79. The van der Waals surface area contributed by atoms with E-state index in [0.29, 0.717) is 0 Å². The van der Waals surface area contributed by atoms with E-state index >= 15 is 0 Å². The van der Waals surface area contributed by atoms with Crippen molar-refractivity contribution in [3.05, 3.63) is 60.2 Å². The van der Waals surface area contributed by atoms with Gasteiger partial charge in [-0.05, 0) is 61.7 Å². The standard InChI is InChI=1S/C24H33N5O/c30-24-22-9-15-28(17-21-6-5-10-26-16-21)19-23(22)29(14-4-2-1-3-11-27-24)18-20-7-12-25-13-8-20/h5-8,10,12-13,16,22-23H,1-4,9,11,14-15,17-19H2,(H,27,30)/t22-,23-/m1/s1. The summed E-state index contributed by atoms with van der Waals surface area (Å²) in [6, 6.07) is 8.55. The number of carbonyl (C=O) groups is 1. The maximum Gasteiger partial charge on any atom is 0.224 e. The van der Waals surface area contributed by atoms with Crippen LogP contribution in [0.15, 0.2) is 49.1 Å². The predicted octanol–water partition coefficient (Wildman–Crippen LogP) is 2.86. The van der Waals surface area contributed by atoms with Gasteiger partial charge in [-0.25, -0.2) is 0 Å². The van der Waals surface area contributed by atoms with E-state index in [9.17, 15) is 4.79 Å². The van der Waals surface area contributed by atoms with Gasteiger partial charge in [0, 0.05) is 57.0 Å². The second kappa shape index (κ2) is 10.6. The molecule has 30 heavy (non-hydrogen) atoms. The van der Waals surface area contributed by atoms with Crippen molar-refractivity contribution in [2.45, 2.75) is 51.2 Å². The molecule has 1 amide bonds. The van der Waals surface area contributed by atoms with E-state index < -0.39 is 0 Å². The van der Waals surface area contributed by atoms with Gasteiger partial charge >= 0.3 is 0 Å². The third-order valence-electron chi connectivity index (χ3n) is 6.41. The Morgan fingerprint density at radius 3 is 2.63 bits per heavy atom. The lowest BCUT2D eigenvalue weighted by Gasteiger charge is -2.43. The predicted molar refractivity (Wildman–Crippen MR) is 118 cm³/mol. The van der Waals surface area contributed by atoms with E-state index in [-0.39, 0.29) is 17.9 Å². The second-order valence-corrected chi connectivity index (χ2v) is 8.59. The molecule has 6 nitrogen and oxygen atoms in total. The Kier molecular flexibility index (Phi) is 7.43. The Morgan fingerprint density at radius 2 is 1.80 bits per heavy atom. The number of nitrogens with one attached hydrogen (secondary N) is 1. The quantitative estimate of drug-likeness (QED) is 0.845. The van der Waals surface area contributed by atoms with Gasteiger partial charge in [0.05, 0.1) is 5.92 Å². The van der Waals surface area contributed by atoms with E-state index in [4.69, 9.17) is 0 Å². The minimum atomic E-state index is 0.0510. The van der Waals surface area contributed by atoms with Gasteiger partial charge in [0.1, 0.15) is 0 Å². The van der Waals surface area contributed by atoms with E-state index in [1.54, 1.807) is 0 Å². The lowest BCUT2D eigenvalue weighted by atomic mass is 9.88. The van der Waals surface area contributed by atoms with Gasteiger partial charge in [-0.3, -0.25) is 24.6 Å². The smallest absolute Gasteiger partial charge is 0.224 e. The number of fused-ring (bicyclic) bond motifs is 1. The minimum Gasteiger partial charge on any atom is -0.356 e. The molecular formula is C24H33N5O. The summed E-state index contributed by atoms with van der Waals surface area (Å²) < 4.78 is 0. The summed E-state index contributed by atoms with van der Waals surface area (Å²) in [6.45, 7) is 5.48. The topological polar surface area (TPSA) is 61.4 Å². The van der Waals surface area contributed by atoms with Crippen LogP contribution >= 0.6 is 0 Å². The number of aromatic nitrogens is 2. The van der Waals surface area contributed by atoms with Crippen molar-refractivity contribution in [2.75, 3.05) is 26.2 Å². The Morgan fingerprint density at radius 1 is 0.933 bits per heavy atom. The van der Waals surface area contributed by atoms with Crippen LogP contribution in [0.5, 0.6) is 0 Å². The zero-order valence-corrected chi connectivity index (χ0v) is 17.7. The number of piperidine rings is 1. The van der Waals surface area contributed by atoms with Crippen LogP contribution in [0, 0.1) is 5.92 Å². The summed E-state index contributed by atoms with van der Waals surface area (Å²) in [5.41, 5.74) is 2.50. The molecule has 2 aromatic rings. The number of hydrogen-bond donors (Lipinski definition) is 1. The van der Waals surface area contributed by atoms with Crippen molar-refractivity contribution in [3.8, 4) is 0 Å². The normalized spacial score (nSPS) is 24.5. The zero-order chi connectivity index (χ0) is 20.6. The van der Waals surface area contributed by atoms with Crippen LogP contribution in [0.4, 0.5) is 0 Å². The molecule has 0 radical (unpaired) electrons. The van der Waals surface area contributed by atoms with Crippen LogP contribution in [0.1, 0.15) is 43.2 Å². The van der Waals surface area contributed by atoms with Crippen molar-refractivity contribution in [3.63, 3.8) is 0 Å². The van der Waals surface area contributed by atoms with Crippen LogP contribution in [-0.2, 0) is 17.9 Å². The fourth-order valence-corrected chi connectivity index (χ4v) is 4.79. The SMILES string of the molecule is O=C1NCCCCCCN(Cc2ccncc2)[C@@H]2CN(Cc3cccnc3)CC[C@@H]12. The summed E-state index contributed by atoms with van der Waals surface area (Å²) >= 11 is 0. The number of carbonyl (C=O) groups excluding carboxylic acids is 1. The molecular weight excluding hydrogens is 374 g/mol. The molecule has 2 aliphatic heterocycles. The monoisotopic (exact) mass is 407 g/mol. The molecule has 0 bridgehead atoms. The van der Waals surface area contributed by atoms with Gasteiger partial charge in [-0.15, -0.1) is 0 Å². The molecule has 2 fully saturated rings. The van der Waals surface area contributed by atoms with E-state index in [0.717, 1.165) is 52.1 Å². The minimum absolute atomic E-state index is 0.0510. The number of hydrogen-bond acceptors (Lipinski definition) is 5. The lowest BCUT2D eigenvalue weighted by molar-refractivity contribution is -0.129. The molecule has 160 valence electrons. The average molecular weight is 408 g/mol. The molecule has 2 atom stereocenters. The highest BCUT2D eigenvalue weighted by atomic mass is 16.1. The first kappa shape index (κ1) is 20.9. The van der Waals surface area contributed by atoms with Crippen molar-refractivity contribution >= 4 is 5.91 Å². The average Bonchev–Trinajstić information content (AvgIpc) is 2.81. The third-order valence-corrected chi connectivity index (χ3v) is 6.41. The van der Waals surface area contributed by atoms with Crippen molar-refractivity contribution in [1.29, 1.82) is 0 Å². The number of rotatable bonds is 4. The second-order valence-electron chi connectivity index (χ2n) is 8.59. The van der Waals surface area contributed by atoms with Gasteiger partial charge in [-0.1, -0.05) is 18.9 Å². The summed E-state index contributed by atoms with van der Waals surface area (Å²) in [5.74, 6) is 0.290. The van der Waals surface area contributed by atoms with E-state index in [2.05, 4.69) is 43.3 Å². The number of pyridine rings is 2. The molecule has 0 unspecified atom stereocenters. The lowest BCUT2D eigenvalue weighted by Crippen LogP contribution is -2.56. The largest absolute Gasteiger partial charge is 0.356 e. The van der Waals surface area contributed by atoms with Gasteiger partial charge in [-0.2, -0.15) is 0 Å². The van der Waals surface area contributed by atoms with Gasteiger partial charge in [0.2, 0.25) is 5.91 Å². The molecule has 6 heteroatoms. The van der Waals surface area contributed by atoms with Gasteiger partial charge in [0.25, 0.3) is 0 Å². The van der Waals surface area contributed by atoms with Crippen LogP contribution in [0.2, 0.25) is 0 Å². The maximum atomic E-state index is 13.1. The first-order valence-electron chi connectivity index (χ1n) is 11.3. The van der Waals surface area contributed by atoms with Crippen LogP contribution in [0.25, 0.3) is 0 Å². The summed E-state index contributed by atoms with van der Waals surface area (Å²) in [4.78, 5) is 26.5. The molecule has 4 rings (SSSR count). The summed E-state index contributed by atoms with van der Waals surface area (Å²) in [6.07, 6.45) is 13.1. The molecule has 0 aliphatic carbocycles. The summed E-state index contributed by atoms with van der Waals surface area (Å²) in [5, 5.41) is 3.22. The van der Waals surface area contributed by atoms with Crippen LogP contribution in [-0.4, -0.2) is 57.9 Å². The Bertz CT molecular complexity index is 785. The molecule has 2 aromatic heterocycles. The molecule has 2 aliphatic rings. The molecule has 0 saturated carbocycles. The Hall–Kier alpha value is -2.31. The first-order chi connectivity index (χ1) is 14.8.